The van der Waals surface area contributed by atoms with Crippen molar-refractivity contribution in [1.29, 1.82) is 0 Å². The van der Waals surface area contributed by atoms with Crippen molar-refractivity contribution < 1.29 is 19.2 Å². The fourth-order valence-electron chi connectivity index (χ4n) is 5.02. The van der Waals surface area contributed by atoms with Gasteiger partial charge in [0.15, 0.2) is 6.61 Å². The molecular formula is C27H28BrN5O6. The van der Waals surface area contributed by atoms with E-state index in [1.807, 2.05) is 12.1 Å². The third kappa shape index (κ3) is 6.01. The minimum Gasteiger partial charge on any atom is -0.476 e. The number of aromatic nitrogens is 2. The van der Waals surface area contributed by atoms with E-state index in [0.29, 0.717) is 47.5 Å². The molecule has 0 N–H and O–H groups in total. The predicted octanol–water partition coefficient (Wildman–Crippen LogP) is 4.23. The summed E-state index contributed by atoms with van der Waals surface area (Å²) in [6.45, 7) is 1.34. The van der Waals surface area contributed by atoms with Gasteiger partial charge in [-0.05, 0) is 31.0 Å². The van der Waals surface area contributed by atoms with Gasteiger partial charge in [-0.25, -0.2) is 4.98 Å². The lowest BCUT2D eigenvalue weighted by atomic mass is 9.88. The van der Waals surface area contributed by atoms with Gasteiger partial charge in [0, 0.05) is 35.1 Å². The van der Waals surface area contributed by atoms with Crippen molar-refractivity contribution in [3.05, 3.63) is 72.7 Å². The van der Waals surface area contributed by atoms with Crippen LogP contribution in [0.15, 0.2) is 50.8 Å². The lowest BCUT2D eigenvalue weighted by Crippen LogP contribution is -2.43. The Morgan fingerprint density at radius 2 is 1.95 bits per heavy atom. The van der Waals surface area contributed by atoms with E-state index < -0.39 is 4.92 Å². The summed E-state index contributed by atoms with van der Waals surface area (Å²) < 4.78 is 12.8. The number of fused-ring (bicyclic) bond motifs is 1. The average Bonchev–Trinajstić information content (AvgIpc) is 2.96. The van der Waals surface area contributed by atoms with Crippen molar-refractivity contribution in [2.45, 2.75) is 38.0 Å². The van der Waals surface area contributed by atoms with Crippen molar-refractivity contribution in [3.8, 4) is 5.75 Å². The van der Waals surface area contributed by atoms with Crippen LogP contribution >= 0.6 is 15.9 Å². The molecule has 0 radical (unpaired) electrons. The van der Waals surface area contributed by atoms with Gasteiger partial charge in [0.25, 0.3) is 11.5 Å². The summed E-state index contributed by atoms with van der Waals surface area (Å²) in [4.78, 5) is 43.9. The number of hydrogen-bond donors (Lipinski definition) is 0. The number of hydrogen-bond acceptors (Lipinski definition) is 8. The largest absolute Gasteiger partial charge is 0.476 e. The molecule has 0 bridgehead atoms. The molecule has 39 heavy (non-hydrogen) atoms. The maximum atomic E-state index is 13.5. The first-order valence-electron chi connectivity index (χ1n) is 12.9. The zero-order valence-electron chi connectivity index (χ0n) is 21.3. The Balaban J connectivity index is 1.54. The van der Waals surface area contributed by atoms with Gasteiger partial charge in [0.05, 0.1) is 35.3 Å². The molecule has 204 valence electrons. The summed E-state index contributed by atoms with van der Waals surface area (Å²) in [5.41, 5.74) is 0.225. The van der Waals surface area contributed by atoms with Crippen LogP contribution in [0.4, 0.5) is 5.69 Å². The van der Waals surface area contributed by atoms with Crippen LogP contribution in [0, 0.1) is 10.1 Å². The summed E-state index contributed by atoms with van der Waals surface area (Å²) in [6.07, 6.45) is 6.40. The van der Waals surface area contributed by atoms with E-state index in [9.17, 15) is 19.7 Å². The van der Waals surface area contributed by atoms with Crippen LogP contribution in [-0.2, 0) is 9.53 Å². The molecular weight excluding hydrogens is 570 g/mol. The third-order valence-electron chi connectivity index (χ3n) is 7.02. The summed E-state index contributed by atoms with van der Waals surface area (Å²) >= 11 is 3.32. The highest BCUT2D eigenvalue weighted by Crippen LogP contribution is 2.35. The highest BCUT2D eigenvalue weighted by molar-refractivity contribution is 9.10. The first kappa shape index (κ1) is 26.9. The summed E-state index contributed by atoms with van der Waals surface area (Å²) in [5, 5.41) is 16.8. The van der Waals surface area contributed by atoms with Crippen molar-refractivity contribution >= 4 is 44.6 Å². The number of nitro benzene ring substituents is 1. The highest BCUT2D eigenvalue weighted by Gasteiger charge is 2.25. The smallest absolute Gasteiger partial charge is 0.312 e. The van der Waals surface area contributed by atoms with Crippen LogP contribution in [0.25, 0.3) is 10.9 Å². The molecule has 1 aromatic heterocycles. The number of halogens is 1. The average molecular weight is 598 g/mol. The second kappa shape index (κ2) is 12.0. The summed E-state index contributed by atoms with van der Waals surface area (Å²) in [6, 6.07) is 10.0. The van der Waals surface area contributed by atoms with Gasteiger partial charge in [-0.2, -0.15) is 9.78 Å². The van der Waals surface area contributed by atoms with E-state index in [1.54, 1.807) is 23.1 Å². The first-order valence-corrected chi connectivity index (χ1v) is 13.7. The van der Waals surface area contributed by atoms with Crippen molar-refractivity contribution in [2.75, 3.05) is 32.9 Å². The Morgan fingerprint density at radius 3 is 2.69 bits per heavy atom. The molecule has 2 aromatic carbocycles. The minimum absolute atomic E-state index is 0.0758. The lowest BCUT2D eigenvalue weighted by molar-refractivity contribution is -0.385. The van der Waals surface area contributed by atoms with E-state index in [1.165, 1.54) is 17.0 Å². The van der Waals surface area contributed by atoms with Crippen molar-refractivity contribution in [3.63, 3.8) is 0 Å². The van der Waals surface area contributed by atoms with Gasteiger partial charge in [-0.15, -0.1) is 0 Å². The van der Waals surface area contributed by atoms with E-state index in [-0.39, 0.29) is 41.0 Å². The van der Waals surface area contributed by atoms with Crippen molar-refractivity contribution in [2.24, 2.45) is 5.10 Å². The number of nitro groups is 1. The Bertz CT molecular complexity index is 1480. The number of amides is 1. The van der Waals surface area contributed by atoms with Gasteiger partial charge >= 0.3 is 5.69 Å². The molecule has 3 aromatic rings. The molecule has 1 amide bonds. The van der Waals surface area contributed by atoms with Crippen LogP contribution < -0.4 is 10.3 Å². The number of ether oxygens (including phenoxy) is 2. The fraction of sp³-hybridized carbons (Fsp3) is 0.407. The Kier molecular flexibility index (Phi) is 8.32. The Morgan fingerprint density at radius 1 is 1.21 bits per heavy atom. The van der Waals surface area contributed by atoms with Gasteiger partial charge in [-0.1, -0.05) is 47.3 Å². The second-order valence-corrected chi connectivity index (χ2v) is 10.5. The topological polar surface area (TPSA) is 129 Å². The number of carbonyl (C=O) groups is 1. The summed E-state index contributed by atoms with van der Waals surface area (Å²) in [5.74, 6) is 0.249. The van der Waals surface area contributed by atoms with Crippen LogP contribution in [0.3, 0.4) is 0 Å². The quantitative estimate of drug-likeness (QED) is 0.226. The molecule has 2 fully saturated rings. The number of benzene rings is 2. The molecule has 1 saturated carbocycles. The first-order chi connectivity index (χ1) is 18.9. The maximum Gasteiger partial charge on any atom is 0.312 e. The molecule has 1 saturated heterocycles. The molecule has 2 aliphatic rings. The molecule has 12 heteroatoms. The van der Waals surface area contributed by atoms with Crippen LogP contribution in [0.5, 0.6) is 5.75 Å². The Labute approximate surface area is 232 Å². The van der Waals surface area contributed by atoms with E-state index in [0.717, 1.165) is 32.1 Å². The maximum absolute atomic E-state index is 13.5. The van der Waals surface area contributed by atoms with Crippen molar-refractivity contribution in [1.82, 2.24) is 14.6 Å². The van der Waals surface area contributed by atoms with Crippen LogP contribution in [-0.4, -0.2) is 64.5 Å². The molecule has 2 heterocycles. The standard InChI is InChI=1S/C27H28BrN5O6/c28-20-14-19(25(23(15-20)33(36)37)39-17-24(34)31-10-12-38-13-11-31)16-29-32-26(18-6-2-1-3-7-18)30-22-9-5-4-8-21(22)27(32)35/h4-5,8-9,14-16,18H,1-3,6-7,10-13,17H2. The van der Waals surface area contributed by atoms with Gasteiger partial charge in [0.1, 0.15) is 5.82 Å². The van der Waals surface area contributed by atoms with E-state index >= 15 is 0 Å². The molecule has 11 nitrogen and oxygen atoms in total. The molecule has 0 spiro atoms. The fourth-order valence-corrected chi connectivity index (χ4v) is 5.49. The minimum atomic E-state index is -0.576. The number of nitrogens with zero attached hydrogens (tertiary/aromatic N) is 5. The Hall–Kier alpha value is -3.64. The molecule has 1 aliphatic heterocycles. The monoisotopic (exact) mass is 597 g/mol. The second-order valence-electron chi connectivity index (χ2n) is 9.57. The number of carbonyl (C=O) groups excluding carboxylic acids is 1. The summed E-state index contributed by atoms with van der Waals surface area (Å²) in [7, 11) is 0. The normalized spacial score (nSPS) is 16.6. The highest BCUT2D eigenvalue weighted by atomic mass is 79.9. The number of rotatable bonds is 7. The molecule has 0 atom stereocenters. The van der Waals surface area contributed by atoms with E-state index in [4.69, 9.17) is 14.5 Å². The molecule has 5 rings (SSSR count). The van der Waals surface area contributed by atoms with Crippen LogP contribution in [0.2, 0.25) is 0 Å². The van der Waals surface area contributed by atoms with Gasteiger partial charge in [0.2, 0.25) is 5.75 Å². The number of morpholine rings is 1. The molecule has 1 aliphatic carbocycles. The number of para-hydroxylation sites is 1. The zero-order chi connectivity index (χ0) is 27.4. The SMILES string of the molecule is O=C(COc1c(C=Nn2c(C3CCCCC3)nc3ccccc3c2=O)cc(Br)cc1[N+](=O)[O-])N1CCOCC1. The van der Waals surface area contributed by atoms with Crippen LogP contribution in [0.1, 0.15) is 49.4 Å². The predicted molar refractivity (Wildman–Crippen MR) is 149 cm³/mol. The lowest BCUT2D eigenvalue weighted by Gasteiger charge is -2.26. The van der Waals surface area contributed by atoms with Gasteiger partial charge in [-0.3, -0.25) is 19.7 Å². The zero-order valence-corrected chi connectivity index (χ0v) is 22.8. The van der Waals surface area contributed by atoms with Gasteiger partial charge < -0.3 is 14.4 Å². The van der Waals surface area contributed by atoms with E-state index in [2.05, 4.69) is 21.0 Å². The molecule has 0 unspecified atom stereocenters. The third-order valence-corrected chi connectivity index (χ3v) is 7.48.